The molecule has 0 heterocycles. The highest BCUT2D eigenvalue weighted by Crippen LogP contribution is 1.97. The molecule has 6 heteroatoms. The van der Waals surface area contributed by atoms with Crippen LogP contribution in [0.25, 0.3) is 0 Å². The standard InChI is InChI=1S/C12H18O6/c1-3-7-16-8-4-9-17-11(14)5-6-12(15)18-10(2)13/h3H,1,4-9H2,2H3. The fourth-order valence-electron chi connectivity index (χ4n) is 1.00. The van der Waals surface area contributed by atoms with Gasteiger partial charge in [-0.1, -0.05) is 6.08 Å². The minimum absolute atomic E-state index is 0.0976. The number of ether oxygens (including phenoxy) is 3. The van der Waals surface area contributed by atoms with Crippen molar-refractivity contribution in [3.05, 3.63) is 12.7 Å². The van der Waals surface area contributed by atoms with Gasteiger partial charge in [-0.2, -0.15) is 0 Å². The van der Waals surface area contributed by atoms with E-state index in [2.05, 4.69) is 11.3 Å². The molecule has 0 aliphatic heterocycles. The molecule has 0 aromatic carbocycles. The minimum atomic E-state index is -0.728. The summed E-state index contributed by atoms with van der Waals surface area (Å²) < 4.78 is 14.2. The van der Waals surface area contributed by atoms with Crippen molar-refractivity contribution in [2.75, 3.05) is 19.8 Å². The number of carbonyl (C=O) groups excluding carboxylic acids is 3. The van der Waals surface area contributed by atoms with E-state index in [0.717, 1.165) is 6.92 Å². The predicted octanol–water partition coefficient (Wildman–Crippen LogP) is 0.992. The Labute approximate surface area is 106 Å². The van der Waals surface area contributed by atoms with E-state index < -0.39 is 17.9 Å². The number of hydrogen-bond acceptors (Lipinski definition) is 6. The van der Waals surface area contributed by atoms with Crippen LogP contribution in [0.2, 0.25) is 0 Å². The van der Waals surface area contributed by atoms with Gasteiger partial charge in [0, 0.05) is 13.3 Å². The van der Waals surface area contributed by atoms with Crippen LogP contribution in [0.5, 0.6) is 0 Å². The van der Waals surface area contributed by atoms with Gasteiger partial charge in [0.05, 0.1) is 32.7 Å². The number of esters is 3. The Morgan fingerprint density at radius 3 is 2.39 bits per heavy atom. The van der Waals surface area contributed by atoms with E-state index in [4.69, 9.17) is 9.47 Å². The van der Waals surface area contributed by atoms with Crippen molar-refractivity contribution in [2.45, 2.75) is 26.2 Å². The highest BCUT2D eigenvalue weighted by Gasteiger charge is 2.10. The summed E-state index contributed by atoms with van der Waals surface area (Å²) in [5.74, 6) is -1.92. The normalized spacial score (nSPS) is 9.61. The van der Waals surface area contributed by atoms with E-state index in [0.29, 0.717) is 19.6 Å². The summed E-state index contributed by atoms with van der Waals surface area (Å²) >= 11 is 0. The van der Waals surface area contributed by atoms with E-state index in [1.54, 1.807) is 6.08 Å². The molecule has 0 aliphatic carbocycles. The summed E-state index contributed by atoms with van der Waals surface area (Å²) in [5, 5.41) is 0. The largest absolute Gasteiger partial charge is 0.466 e. The molecule has 0 atom stereocenters. The number of rotatable bonds is 9. The smallest absolute Gasteiger partial charge is 0.314 e. The molecule has 0 bridgehead atoms. The lowest BCUT2D eigenvalue weighted by molar-refractivity contribution is -0.160. The summed E-state index contributed by atoms with van der Waals surface area (Å²) in [6.07, 6.45) is 1.95. The Balaban J connectivity index is 3.45. The Bertz CT molecular complexity index is 297. The van der Waals surface area contributed by atoms with E-state index in [9.17, 15) is 14.4 Å². The Kier molecular flexibility index (Phi) is 9.48. The molecule has 6 nitrogen and oxygen atoms in total. The van der Waals surface area contributed by atoms with Crippen LogP contribution in [0, 0.1) is 0 Å². The van der Waals surface area contributed by atoms with Gasteiger partial charge in [-0.25, -0.2) is 0 Å². The van der Waals surface area contributed by atoms with Gasteiger partial charge in [-0.3, -0.25) is 14.4 Å². The van der Waals surface area contributed by atoms with Gasteiger partial charge in [0.1, 0.15) is 0 Å². The molecule has 0 unspecified atom stereocenters. The lowest BCUT2D eigenvalue weighted by atomic mass is 10.3. The first-order valence-corrected chi connectivity index (χ1v) is 5.61. The first-order valence-electron chi connectivity index (χ1n) is 5.61. The van der Waals surface area contributed by atoms with Crippen molar-refractivity contribution in [2.24, 2.45) is 0 Å². The summed E-state index contributed by atoms with van der Waals surface area (Å²) in [6, 6.07) is 0. The van der Waals surface area contributed by atoms with Crippen molar-refractivity contribution in [3.8, 4) is 0 Å². The first-order chi connectivity index (χ1) is 8.56. The zero-order chi connectivity index (χ0) is 13.8. The first kappa shape index (κ1) is 16.3. The summed E-state index contributed by atoms with van der Waals surface area (Å²) in [5.41, 5.74) is 0. The minimum Gasteiger partial charge on any atom is -0.466 e. The molecule has 0 radical (unpaired) electrons. The highest BCUT2D eigenvalue weighted by atomic mass is 16.6. The molecular weight excluding hydrogens is 240 g/mol. The average molecular weight is 258 g/mol. The van der Waals surface area contributed by atoms with Crippen LogP contribution in [-0.2, 0) is 28.6 Å². The van der Waals surface area contributed by atoms with Gasteiger partial charge in [0.2, 0.25) is 0 Å². The van der Waals surface area contributed by atoms with Gasteiger partial charge < -0.3 is 14.2 Å². The molecule has 0 aromatic heterocycles. The molecule has 0 aliphatic rings. The van der Waals surface area contributed by atoms with E-state index in [-0.39, 0.29) is 19.4 Å². The molecular formula is C12H18O6. The summed E-state index contributed by atoms with van der Waals surface area (Å²) in [4.78, 5) is 32.5. The second-order valence-corrected chi connectivity index (χ2v) is 3.40. The monoisotopic (exact) mass is 258 g/mol. The van der Waals surface area contributed by atoms with Crippen LogP contribution >= 0.6 is 0 Å². The quantitative estimate of drug-likeness (QED) is 0.265. The second-order valence-electron chi connectivity index (χ2n) is 3.40. The zero-order valence-corrected chi connectivity index (χ0v) is 10.5. The van der Waals surface area contributed by atoms with Gasteiger partial charge >= 0.3 is 17.9 Å². The third kappa shape index (κ3) is 10.8. The Hall–Kier alpha value is -1.69. The highest BCUT2D eigenvalue weighted by molar-refractivity contribution is 5.86. The third-order valence-corrected chi connectivity index (χ3v) is 1.72. The van der Waals surface area contributed by atoms with Crippen LogP contribution in [0.4, 0.5) is 0 Å². The molecule has 0 spiro atoms. The lowest BCUT2D eigenvalue weighted by Gasteiger charge is -2.04. The van der Waals surface area contributed by atoms with E-state index in [1.165, 1.54) is 0 Å². The van der Waals surface area contributed by atoms with Crippen molar-refractivity contribution in [1.82, 2.24) is 0 Å². The van der Waals surface area contributed by atoms with Gasteiger partial charge in [-0.05, 0) is 0 Å². The predicted molar refractivity (Wildman–Crippen MR) is 62.6 cm³/mol. The maximum Gasteiger partial charge on any atom is 0.314 e. The van der Waals surface area contributed by atoms with Gasteiger partial charge in [0.15, 0.2) is 0 Å². The fraction of sp³-hybridized carbons (Fsp3) is 0.583. The average Bonchev–Trinajstić information content (AvgIpc) is 2.30. The van der Waals surface area contributed by atoms with E-state index in [1.807, 2.05) is 0 Å². The maximum absolute atomic E-state index is 11.2. The van der Waals surface area contributed by atoms with E-state index >= 15 is 0 Å². The van der Waals surface area contributed by atoms with Gasteiger partial charge in [0.25, 0.3) is 0 Å². The Morgan fingerprint density at radius 2 is 1.78 bits per heavy atom. The lowest BCUT2D eigenvalue weighted by Crippen LogP contribution is -2.13. The topological polar surface area (TPSA) is 78.9 Å². The van der Waals surface area contributed by atoms with Crippen molar-refractivity contribution < 1.29 is 28.6 Å². The molecule has 0 N–H and O–H groups in total. The molecule has 0 fully saturated rings. The summed E-state index contributed by atoms with van der Waals surface area (Å²) in [7, 11) is 0. The number of hydrogen-bond donors (Lipinski definition) is 0. The molecule has 102 valence electrons. The Morgan fingerprint density at radius 1 is 1.11 bits per heavy atom. The van der Waals surface area contributed by atoms with Crippen LogP contribution < -0.4 is 0 Å². The molecule has 0 amide bonds. The van der Waals surface area contributed by atoms with Crippen molar-refractivity contribution >= 4 is 17.9 Å². The second kappa shape index (κ2) is 10.5. The molecule has 0 rings (SSSR count). The third-order valence-electron chi connectivity index (χ3n) is 1.72. The van der Waals surface area contributed by atoms with Crippen molar-refractivity contribution in [3.63, 3.8) is 0 Å². The van der Waals surface area contributed by atoms with Crippen LogP contribution in [0.3, 0.4) is 0 Å². The van der Waals surface area contributed by atoms with Crippen molar-refractivity contribution in [1.29, 1.82) is 0 Å². The summed E-state index contributed by atoms with van der Waals surface area (Å²) in [6.45, 7) is 5.79. The van der Waals surface area contributed by atoms with Crippen LogP contribution in [0.1, 0.15) is 26.2 Å². The fourth-order valence-corrected chi connectivity index (χ4v) is 1.00. The molecule has 0 aromatic rings. The SMILES string of the molecule is C=CCOCCCOC(=O)CCC(=O)OC(C)=O. The number of carbonyl (C=O) groups is 3. The van der Waals surface area contributed by atoms with Crippen LogP contribution in [-0.4, -0.2) is 37.7 Å². The van der Waals surface area contributed by atoms with Crippen LogP contribution in [0.15, 0.2) is 12.7 Å². The zero-order valence-electron chi connectivity index (χ0n) is 10.5. The maximum atomic E-state index is 11.2. The molecule has 0 saturated carbocycles. The van der Waals surface area contributed by atoms with Gasteiger partial charge in [-0.15, -0.1) is 6.58 Å². The molecule has 0 saturated heterocycles. The molecule has 18 heavy (non-hydrogen) atoms.